The summed E-state index contributed by atoms with van der Waals surface area (Å²) in [6, 6.07) is 11.0. The molecule has 1 aromatic carbocycles. The van der Waals surface area contributed by atoms with Gasteiger partial charge in [-0.25, -0.2) is 14.3 Å². The summed E-state index contributed by atoms with van der Waals surface area (Å²) < 4.78 is 2.84. The van der Waals surface area contributed by atoms with E-state index in [0.29, 0.717) is 17.8 Å². The van der Waals surface area contributed by atoms with Gasteiger partial charge in [0.05, 0.1) is 6.54 Å². The third kappa shape index (κ3) is 4.63. The molecular weight excluding hydrogens is 372 g/mol. The molecule has 152 valence electrons. The molecule has 0 spiro atoms. The van der Waals surface area contributed by atoms with E-state index >= 15 is 0 Å². The highest BCUT2D eigenvalue weighted by atomic mass is 16.2. The lowest BCUT2D eigenvalue weighted by atomic mass is 9.98. The number of hydrogen-bond acceptors (Lipinski definition) is 4. The lowest BCUT2D eigenvalue weighted by molar-refractivity contribution is -0.119. The maximum absolute atomic E-state index is 12.6. The third-order valence-corrected chi connectivity index (χ3v) is 4.81. The van der Waals surface area contributed by atoms with Crippen LogP contribution >= 0.6 is 0 Å². The Hall–Kier alpha value is -3.62. The molecule has 0 aliphatic carbocycles. The summed E-state index contributed by atoms with van der Waals surface area (Å²) in [6.07, 6.45) is 2.37. The first-order chi connectivity index (χ1) is 13.9. The second-order valence-electron chi connectivity index (χ2n) is 6.93. The average Bonchev–Trinajstić information content (AvgIpc) is 3.01. The number of carbonyl (C=O) groups excluding carboxylic acids is 2. The van der Waals surface area contributed by atoms with Gasteiger partial charge in [0.15, 0.2) is 5.65 Å². The lowest BCUT2D eigenvalue weighted by Gasteiger charge is -2.22. The van der Waals surface area contributed by atoms with Crippen molar-refractivity contribution in [2.24, 2.45) is 11.7 Å². The van der Waals surface area contributed by atoms with Crippen molar-refractivity contribution < 1.29 is 9.59 Å². The van der Waals surface area contributed by atoms with E-state index in [-0.39, 0.29) is 24.1 Å². The van der Waals surface area contributed by atoms with Gasteiger partial charge in [0.25, 0.3) is 0 Å². The number of pyridine rings is 1. The number of anilines is 1. The zero-order valence-electron chi connectivity index (χ0n) is 16.3. The van der Waals surface area contributed by atoms with Gasteiger partial charge < -0.3 is 16.4 Å². The topological polar surface area (TPSA) is 124 Å². The number of urea groups is 1. The lowest BCUT2D eigenvalue weighted by Crippen LogP contribution is -2.49. The maximum atomic E-state index is 12.6. The minimum atomic E-state index is -0.745. The number of nitrogens with one attached hydrogen (secondary N) is 2. The highest BCUT2D eigenvalue weighted by Crippen LogP contribution is 2.15. The Morgan fingerprint density at radius 3 is 2.69 bits per heavy atom. The van der Waals surface area contributed by atoms with E-state index in [2.05, 4.69) is 15.7 Å². The molecule has 3 aromatic rings. The number of amides is 3. The van der Waals surface area contributed by atoms with Gasteiger partial charge >= 0.3 is 11.7 Å². The number of hydrogen-bond donors (Lipinski definition) is 3. The number of nitrogens with zero attached hydrogens (tertiary/aromatic N) is 3. The molecule has 9 heteroatoms. The van der Waals surface area contributed by atoms with Crippen LogP contribution in [0.25, 0.3) is 5.65 Å². The standard InChI is InChI=1S/C20H24N6O3/c1-3-13(2)17(23-19(21)28)18(27)22-15-8-6-7-14(11-15)12-26-20(29)25-10-5-4-9-16(25)24-26/h4-11,13,17H,3,12H2,1-2H3,(H,22,27)(H3,21,23,28). The van der Waals surface area contributed by atoms with Crippen LogP contribution in [0.15, 0.2) is 53.5 Å². The number of benzene rings is 1. The van der Waals surface area contributed by atoms with E-state index in [0.717, 1.165) is 5.56 Å². The number of fused-ring (bicyclic) bond motifs is 1. The summed E-state index contributed by atoms with van der Waals surface area (Å²) in [6.45, 7) is 4.06. The summed E-state index contributed by atoms with van der Waals surface area (Å²) in [7, 11) is 0. The van der Waals surface area contributed by atoms with Crippen LogP contribution in [0, 0.1) is 5.92 Å². The van der Waals surface area contributed by atoms with Gasteiger partial charge in [-0.05, 0) is 35.7 Å². The molecule has 3 amide bonds. The minimum absolute atomic E-state index is 0.0813. The van der Waals surface area contributed by atoms with E-state index in [4.69, 9.17) is 5.73 Å². The van der Waals surface area contributed by atoms with Crippen molar-refractivity contribution in [3.63, 3.8) is 0 Å². The molecule has 0 bridgehead atoms. The first-order valence-corrected chi connectivity index (χ1v) is 9.39. The Morgan fingerprint density at radius 1 is 1.21 bits per heavy atom. The third-order valence-electron chi connectivity index (χ3n) is 4.81. The molecule has 0 aliphatic rings. The van der Waals surface area contributed by atoms with Gasteiger partial charge in [-0.3, -0.25) is 9.20 Å². The Morgan fingerprint density at radius 2 is 2.00 bits per heavy atom. The van der Waals surface area contributed by atoms with Crippen molar-refractivity contribution in [3.8, 4) is 0 Å². The van der Waals surface area contributed by atoms with Crippen molar-refractivity contribution in [3.05, 3.63) is 64.7 Å². The highest BCUT2D eigenvalue weighted by Gasteiger charge is 2.25. The molecule has 0 radical (unpaired) electrons. The number of aromatic nitrogens is 3. The molecule has 0 aliphatic heterocycles. The van der Waals surface area contributed by atoms with Crippen LogP contribution in [0.2, 0.25) is 0 Å². The van der Waals surface area contributed by atoms with E-state index < -0.39 is 12.1 Å². The van der Waals surface area contributed by atoms with Gasteiger partial charge in [-0.1, -0.05) is 38.5 Å². The number of rotatable bonds is 7. The highest BCUT2D eigenvalue weighted by molar-refractivity contribution is 5.97. The largest absolute Gasteiger partial charge is 0.352 e. The van der Waals surface area contributed by atoms with E-state index in [1.807, 2.05) is 26.0 Å². The molecule has 4 N–H and O–H groups in total. The fourth-order valence-corrected chi connectivity index (χ4v) is 3.07. The minimum Gasteiger partial charge on any atom is -0.352 e. The van der Waals surface area contributed by atoms with E-state index in [1.54, 1.807) is 36.5 Å². The first kappa shape index (κ1) is 20.1. The number of primary amides is 1. The average molecular weight is 396 g/mol. The van der Waals surface area contributed by atoms with Gasteiger partial charge in [0.1, 0.15) is 6.04 Å². The second kappa shape index (κ2) is 8.59. The Bertz CT molecular complexity index is 1090. The molecule has 3 rings (SSSR count). The normalized spacial score (nSPS) is 13.0. The van der Waals surface area contributed by atoms with E-state index in [1.165, 1.54) is 9.08 Å². The number of carbonyl (C=O) groups is 2. The summed E-state index contributed by atoms with van der Waals surface area (Å²) in [5, 5.41) is 9.62. The molecule has 2 heterocycles. The van der Waals surface area contributed by atoms with Gasteiger partial charge in [0, 0.05) is 11.9 Å². The zero-order valence-corrected chi connectivity index (χ0v) is 16.3. The first-order valence-electron chi connectivity index (χ1n) is 9.39. The van der Waals surface area contributed by atoms with E-state index in [9.17, 15) is 14.4 Å². The quantitative estimate of drug-likeness (QED) is 0.561. The predicted molar refractivity (Wildman–Crippen MR) is 110 cm³/mol. The molecular formula is C20H24N6O3. The van der Waals surface area contributed by atoms with Crippen LogP contribution in [0.5, 0.6) is 0 Å². The maximum Gasteiger partial charge on any atom is 0.350 e. The summed E-state index contributed by atoms with van der Waals surface area (Å²) in [4.78, 5) is 36.3. The fourth-order valence-electron chi connectivity index (χ4n) is 3.07. The van der Waals surface area contributed by atoms with Gasteiger partial charge in [-0.15, -0.1) is 5.10 Å². The van der Waals surface area contributed by atoms with Crippen molar-refractivity contribution in [1.82, 2.24) is 19.5 Å². The molecule has 9 nitrogen and oxygen atoms in total. The molecule has 0 fully saturated rings. The Kier molecular flexibility index (Phi) is 5.96. The van der Waals surface area contributed by atoms with Crippen LogP contribution in [0.3, 0.4) is 0 Å². The van der Waals surface area contributed by atoms with Gasteiger partial charge in [0.2, 0.25) is 5.91 Å². The van der Waals surface area contributed by atoms with Crippen molar-refractivity contribution in [1.29, 1.82) is 0 Å². The molecule has 29 heavy (non-hydrogen) atoms. The SMILES string of the molecule is CCC(C)C(NC(N)=O)C(=O)Nc1cccc(Cn2nc3ccccn3c2=O)c1. The van der Waals surface area contributed by atoms with Crippen LogP contribution in [-0.2, 0) is 11.3 Å². The smallest absolute Gasteiger partial charge is 0.350 e. The number of nitrogens with two attached hydrogens (primary N) is 1. The van der Waals surface area contributed by atoms with Crippen molar-refractivity contribution >= 4 is 23.3 Å². The van der Waals surface area contributed by atoms with Crippen LogP contribution < -0.4 is 22.1 Å². The predicted octanol–water partition coefficient (Wildman–Crippen LogP) is 1.57. The van der Waals surface area contributed by atoms with Crippen LogP contribution in [0.1, 0.15) is 25.8 Å². The molecule has 0 saturated heterocycles. The van der Waals surface area contributed by atoms with Crippen molar-refractivity contribution in [2.75, 3.05) is 5.32 Å². The fraction of sp³-hybridized carbons (Fsp3) is 0.300. The summed E-state index contributed by atoms with van der Waals surface area (Å²) in [5.74, 6) is -0.428. The van der Waals surface area contributed by atoms with Crippen LogP contribution in [-0.4, -0.2) is 32.2 Å². The molecule has 2 unspecified atom stereocenters. The molecule has 0 saturated carbocycles. The summed E-state index contributed by atoms with van der Waals surface area (Å²) in [5.41, 5.74) is 6.89. The molecule has 2 aromatic heterocycles. The Balaban J connectivity index is 1.78. The molecule has 2 atom stereocenters. The summed E-state index contributed by atoms with van der Waals surface area (Å²) >= 11 is 0. The van der Waals surface area contributed by atoms with Crippen molar-refractivity contribution in [2.45, 2.75) is 32.9 Å². The second-order valence-corrected chi connectivity index (χ2v) is 6.93. The van der Waals surface area contributed by atoms with Gasteiger partial charge in [-0.2, -0.15) is 0 Å². The zero-order chi connectivity index (χ0) is 21.0. The monoisotopic (exact) mass is 396 g/mol. The van der Waals surface area contributed by atoms with Crippen LogP contribution in [0.4, 0.5) is 10.5 Å². The Labute approximate surface area is 167 Å².